The first-order valence-corrected chi connectivity index (χ1v) is 7.83. The molecule has 0 spiro atoms. The summed E-state index contributed by atoms with van der Waals surface area (Å²) >= 11 is 0. The van der Waals surface area contributed by atoms with Gasteiger partial charge in [0.15, 0.2) is 0 Å². The van der Waals surface area contributed by atoms with Crippen LogP contribution in [0.2, 0.25) is 0 Å². The molecule has 0 aromatic rings. The van der Waals surface area contributed by atoms with E-state index in [0.29, 0.717) is 5.92 Å². The Labute approximate surface area is 123 Å². The molecule has 1 aliphatic heterocycles. The van der Waals surface area contributed by atoms with Crippen LogP contribution in [-0.2, 0) is 14.3 Å². The molecule has 1 rings (SSSR count). The van der Waals surface area contributed by atoms with Gasteiger partial charge in [0.25, 0.3) is 0 Å². The third kappa shape index (κ3) is 5.80. The van der Waals surface area contributed by atoms with Crippen molar-refractivity contribution >= 4 is 5.97 Å². The molecule has 0 bridgehead atoms. The van der Waals surface area contributed by atoms with Crippen molar-refractivity contribution < 1.29 is 14.3 Å². The zero-order chi connectivity index (χ0) is 15.2. The Balaban J connectivity index is 2.60. The topological polar surface area (TPSA) is 38.8 Å². The Kier molecular flexibility index (Phi) is 6.96. The molecule has 0 aromatic carbocycles. The highest BCUT2D eigenvalue weighted by Crippen LogP contribution is 2.26. The van der Waals surface area contributed by atoms with Gasteiger partial charge in [-0.1, -0.05) is 19.8 Å². The van der Waals surface area contributed by atoms with Crippen LogP contribution < -0.4 is 0 Å². The molecule has 2 unspecified atom stereocenters. The van der Waals surface area contributed by atoms with E-state index in [1.807, 2.05) is 20.8 Å². The number of nitrogens with zero attached hydrogens (tertiary/aromatic N) is 1. The van der Waals surface area contributed by atoms with Crippen LogP contribution in [0.4, 0.5) is 0 Å². The molecule has 4 heteroatoms. The molecule has 0 N–H and O–H groups in total. The van der Waals surface area contributed by atoms with Gasteiger partial charge in [-0.15, -0.1) is 0 Å². The van der Waals surface area contributed by atoms with E-state index in [9.17, 15) is 4.79 Å². The lowest BCUT2D eigenvalue weighted by atomic mass is 10.1. The van der Waals surface area contributed by atoms with E-state index in [2.05, 4.69) is 11.8 Å². The molecule has 0 amide bonds. The van der Waals surface area contributed by atoms with Gasteiger partial charge in [-0.3, -0.25) is 9.69 Å². The average Bonchev–Trinajstić information content (AvgIpc) is 2.71. The number of methoxy groups -OCH3 is 1. The number of unbranched alkanes of at least 4 members (excludes halogenated alkanes) is 2. The second-order valence-corrected chi connectivity index (χ2v) is 6.81. The van der Waals surface area contributed by atoms with Gasteiger partial charge >= 0.3 is 5.97 Å². The highest BCUT2D eigenvalue weighted by atomic mass is 16.6. The fraction of sp³-hybridized carbons (Fsp3) is 0.938. The minimum atomic E-state index is -0.411. The predicted molar refractivity (Wildman–Crippen MR) is 80.7 cm³/mol. The van der Waals surface area contributed by atoms with Gasteiger partial charge in [0, 0.05) is 13.7 Å². The first-order valence-electron chi connectivity index (χ1n) is 7.83. The Bertz CT molecular complexity index is 299. The molecule has 118 valence electrons. The van der Waals surface area contributed by atoms with Gasteiger partial charge in [0.1, 0.15) is 11.6 Å². The molecular formula is C16H31NO3. The molecule has 0 saturated carbocycles. The maximum absolute atomic E-state index is 12.3. The quantitative estimate of drug-likeness (QED) is 0.532. The Morgan fingerprint density at radius 3 is 2.55 bits per heavy atom. The first kappa shape index (κ1) is 17.4. The smallest absolute Gasteiger partial charge is 0.323 e. The van der Waals surface area contributed by atoms with E-state index in [-0.39, 0.29) is 12.0 Å². The third-order valence-electron chi connectivity index (χ3n) is 3.62. The van der Waals surface area contributed by atoms with Crippen LogP contribution in [0.15, 0.2) is 0 Å². The minimum Gasteiger partial charge on any atom is -0.459 e. The summed E-state index contributed by atoms with van der Waals surface area (Å²) in [6, 6.07) is -0.0915. The Morgan fingerprint density at radius 1 is 1.30 bits per heavy atom. The van der Waals surface area contributed by atoms with Gasteiger partial charge in [-0.05, 0) is 46.1 Å². The normalized spacial score (nSPS) is 24.1. The SMILES string of the molecule is CCCCCN1CC(COC)CC1C(=O)OC(C)(C)C. The van der Waals surface area contributed by atoms with Gasteiger partial charge in [0.05, 0.1) is 6.61 Å². The number of likely N-dealkylation sites (tertiary alicyclic amines) is 1. The lowest BCUT2D eigenvalue weighted by Gasteiger charge is -2.27. The molecule has 4 nitrogen and oxygen atoms in total. The van der Waals surface area contributed by atoms with Crippen molar-refractivity contribution in [1.82, 2.24) is 4.90 Å². The van der Waals surface area contributed by atoms with Crippen LogP contribution in [0.25, 0.3) is 0 Å². The number of carbonyl (C=O) groups is 1. The zero-order valence-corrected chi connectivity index (χ0v) is 13.8. The second kappa shape index (κ2) is 7.99. The molecule has 20 heavy (non-hydrogen) atoms. The summed E-state index contributed by atoms with van der Waals surface area (Å²) in [6.07, 6.45) is 4.42. The molecule has 2 atom stereocenters. The van der Waals surface area contributed by atoms with Crippen LogP contribution in [0.1, 0.15) is 53.4 Å². The zero-order valence-electron chi connectivity index (χ0n) is 13.8. The van der Waals surface area contributed by atoms with Crippen molar-refractivity contribution in [3.05, 3.63) is 0 Å². The van der Waals surface area contributed by atoms with E-state index in [4.69, 9.17) is 9.47 Å². The van der Waals surface area contributed by atoms with Gasteiger partial charge in [-0.25, -0.2) is 0 Å². The summed E-state index contributed by atoms with van der Waals surface area (Å²) in [4.78, 5) is 14.6. The van der Waals surface area contributed by atoms with E-state index >= 15 is 0 Å². The summed E-state index contributed by atoms with van der Waals surface area (Å²) < 4.78 is 10.8. The van der Waals surface area contributed by atoms with Crippen molar-refractivity contribution in [2.24, 2.45) is 5.92 Å². The third-order valence-corrected chi connectivity index (χ3v) is 3.62. The van der Waals surface area contributed by atoms with Crippen LogP contribution in [0.5, 0.6) is 0 Å². The molecule has 1 fully saturated rings. The van der Waals surface area contributed by atoms with E-state index < -0.39 is 5.60 Å². The van der Waals surface area contributed by atoms with Gasteiger partial charge < -0.3 is 9.47 Å². The van der Waals surface area contributed by atoms with Crippen LogP contribution >= 0.6 is 0 Å². The molecule has 1 heterocycles. The summed E-state index contributed by atoms with van der Waals surface area (Å²) in [7, 11) is 1.72. The fourth-order valence-electron chi connectivity index (χ4n) is 2.78. The molecule has 0 radical (unpaired) electrons. The van der Waals surface area contributed by atoms with Crippen molar-refractivity contribution in [3.8, 4) is 0 Å². The van der Waals surface area contributed by atoms with Crippen molar-refractivity contribution in [3.63, 3.8) is 0 Å². The van der Waals surface area contributed by atoms with Crippen LogP contribution in [0, 0.1) is 5.92 Å². The van der Waals surface area contributed by atoms with Crippen molar-refractivity contribution in [1.29, 1.82) is 0 Å². The largest absolute Gasteiger partial charge is 0.459 e. The number of hydrogen-bond acceptors (Lipinski definition) is 4. The maximum atomic E-state index is 12.3. The van der Waals surface area contributed by atoms with E-state index in [1.54, 1.807) is 7.11 Å². The molecule has 0 aromatic heterocycles. The highest BCUT2D eigenvalue weighted by Gasteiger charge is 2.38. The lowest BCUT2D eigenvalue weighted by Crippen LogP contribution is -2.40. The predicted octanol–water partition coefficient (Wildman–Crippen LogP) is 2.86. The number of ether oxygens (including phenoxy) is 2. The summed E-state index contributed by atoms with van der Waals surface area (Å²) in [5.41, 5.74) is -0.411. The van der Waals surface area contributed by atoms with Crippen LogP contribution in [0.3, 0.4) is 0 Å². The van der Waals surface area contributed by atoms with Crippen molar-refractivity contribution in [2.75, 3.05) is 26.8 Å². The molecule has 0 aliphatic carbocycles. The molecule has 1 aliphatic rings. The van der Waals surface area contributed by atoms with E-state index in [1.165, 1.54) is 12.8 Å². The van der Waals surface area contributed by atoms with Gasteiger partial charge in [0.2, 0.25) is 0 Å². The highest BCUT2D eigenvalue weighted by molar-refractivity contribution is 5.76. The molecular weight excluding hydrogens is 254 g/mol. The number of esters is 1. The lowest BCUT2D eigenvalue weighted by molar-refractivity contribution is -0.160. The monoisotopic (exact) mass is 285 g/mol. The summed E-state index contributed by atoms with van der Waals surface area (Å²) in [5.74, 6) is 0.367. The minimum absolute atomic E-state index is 0.0763. The van der Waals surface area contributed by atoms with Crippen molar-refractivity contribution in [2.45, 2.75) is 65.0 Å². The van der Waals surface area contributed by atoms with Crippen LogP contribution in [-0.4, -0.2) is 49.3 Å². The number of rotatable bonds is 7. The molecule has 1 saturated heterocycles. The summed E-state index contributed by atoms with van der Waals surface area (Å²) in [5, 5.41) is 0. The first-order chi connectivity index (χ1) is 9.37. The van der Waals surface area contributed by atoms with Gasteiger partial charge in [-0.2, -0.15) is 0 Å². The Morgan fingerprint density at radius 2 is 2.00 bits per heavy atom. The van der Waals surface area contributed by atoms with E-state index in [0.717, 1.165) is 32.5 Å². The number of hydrogen-bond donors (Lipinski definition) is 0. The average molecular weight is 285 g/mol. The Hall–Kier alpha value is -0.610. The second-order valence-electron chi connectivity index (χ2n) is 6.81. The standard InChI is InChI=1S/C16H31NO3/c1-6-7-8-9-17-11-13(12-19-5)10-14(17)15(18)20-16(2,3)4/h13-14H,6-12H2,1-5H3. The number of carbonyl (C=O) groups excluding carboxylic acids is 1. The fourth-order valence-corrected chi connectivity index (χ4v) is 2.78. The summed E-state index contributed by atoms with van der Waals surface area (Å²) in [6.45, 7) is 10.6. The maximum Gasteiger partial charge on any atom is 0.323 e.